The summed E-state index contributed by atoms with van der Waals surface area (Å²) in [7, 11) is 0. The van der Waals surface area contributed by atoms with Crippen LogP contribution in [0.3, 0.4) is 0 Å². The first-order chi connectivity index (χ1) is 18.4. The van der Waals surface area contributed by atoms with E-state index in [-0.39, 0.29) is 60.0 Å². The minimum absolute atomic E-state index is 0.0210. The first-order valence-corrected chi connectivity index (χ1v) is 14.0. The van der Waals surface area contributed by atoms with E-state index in [4.69, 9.17) is 0 Å². The topological polar surface area (TPSA) is 82.6 Å². The first-order valence-electron chi connectivity index (χ1n) is 13.1. The van der Waals surface area contributed by atoms with Gasteiger partial charge in [-0.05, 0) is 61.8 Å². The number of imide groups is 1. The molecule has 7 nitrogen and oxygen atoms in total. The molecule has 196 valence electrons. The van der Waals surface area contributed by atoms with Crippen LogP contribution in [0.4, 0.5) is 8.78 Å². The summed E-state index contributed by atoms with van der Waals surface area (Å²) in [6.07, 6.45) is 3.62. The molecule has 2 bridgehead atoms. The fourth-order valence-electron chi connectivity index (χ4n) is 7.00. The number of thiazole rings is 1. The standard InChI is InChI=1S/C28H26F2N4O3S/c29-20-10-18-19(12-34(28(18)37)22-5-6-24(35)32-27(22)36)26(30)25(20)15-8-16-2-3-17(9-15)33(16)11-14-1-4-21-23(7-14)38-13-31-21/h1,4,7,10,13,15-17,22H,2-3,5-6,8-9,11-12H2,(H,32,35,36)/t15?,16?,17?,22-/m0/s1. The number of carbonyl (C=O) groups excluding carboxylic acids is 3. The molecular weight excluding hydrogens is 510 g/mol. The molecule has 0 saturated carbocycles. The van der Waals surface area contributed by atoms with Gasteiger partial charge in [0.2, 0.25) is 11.8 Å². The summed E-state index contributed by atoms with van der Waals surface area (Å²) < 4.78 is 32.5. The van der Waals surface area contributed by atoms with E-state index < -0.39 is 29.5 Å². The maximum atomic E-state index is 15.9. The van der Waals surface area contributed by atoms with Crippen LogP contribution < -0.4 is 5.32 Å². The Labute approximate surface area is 221 Å². The summed E-state index contributed by atoms with van der Waals surface area (Å²) in [5.74, 6) is -3.13. The SMILES string of the molecule is O=C1CC[C@H](N2Cc3c(cc(F)c(C4CC5CCC(C4)N5Cc4ccc5ncsc5c4)c3F)C2=O)C(=O)N1. The fraction of sp³-hybridized carbons (Fsp3) is 0.429. The average molecular weight is 537 g/mol. The van der Waals surface area contributed by atoms with Crippen molar-refractivity contribution in [2.45, 2.75) is 75.7 Å². The van der Waals surface area contributed by atoms with E-state index in [1.165, 1.54) is 10.5 Å². The lowest BCUT2D eigenvalue weighted by Crippen LogP contribution is -2.52. The van der Waals surface area contributed by atoms with E-state index in [0.717, 1.165) is 35.7 Å². The number of aromatic nitrogens is 1. The molecule has 10 heteroatoms. The van der Waals surface area contributed by atoms with E-state index >= 15 is 8.78 Å². The Morgan fingerprint density at radius 2 is 1.84 bits per heavy atom. The Balaban J connectivity index is 1.12. The molecule has 7 rings (SSSR count). The van der Waals surface area contributed by atoms with Gasteiger partial charge in [-0.15, -0.1) is 11.3 Å². The average Bonchev–Trinajstić information content (AvgIpc) is 3.54. The summed E-state index contributed by atoms with van der Waals surface area (Å²) in [5.41, 5.74) is 4.28. The summed E-state index contributed by atoms with van der Waals surface area (Å²) in [6, 6.07) is 7.11. The Morgan fingerprint density at radius 1 is 1.05 bits per heavy atom. The number of nitrogens with one attached hydrogen (secondary N) is 1. The van der Waals surface area contributed by atoms with Crippen LogP contribution in [0.1, 0.15) is 71.5 Å². The van der Waals surface area contributed by atoms with E-state index in [1.54, 1.807) is 11.3 Å². The monoisotopic (exact) mass is 536 g/mol. The third-order valence-corrected chi connectivity index (χ3v) is 9.61. The molecule has 3 saturated heterocycles. The number of halogens is 2. The number of hydrogen-bond donors (Lipinski definition) is 1. The number of amides is 3. The van der Waals surface area contributed by atoms with Gasteiger partial charge in [0, 0.05) is 36.2 Å². The van der Waals surface area contributed by atoms with Crippen LogP contribution in [0.25, 0.3) is 10.2 Å². The largest absolute Gasteiger partial charge is 0.322 e. The molecule has 1 aromatic heterocycles. The molecule has 3 amide bonds. The van der Waals surface area contributed by atoms with E-state index in [9.17, 15) is 14.4 Å². The molecule has 3 aromatic rings. The maximum absolute atomic E-state index is 15.9. The summed E-state index contributed by atoms with van der Waals surface area (Å²) in [5, 5.41) is 2.24. The quantitative estimate of drug-likeness (QED) is 0.505. The number of carbonyl (C=O) groups is 3. The number of fused-ring (bicyclic) bond motifs is 4. The van der Waals surface area contributed by atoms with Crippen molar-refractivity contribution >= 4 is 39.3 Å². The summed E-state index contributed by atoms with van der Waals surface area (Å²) in [4.78, 5) is 45.0. The molecule has 0 radical (unpaired) electrons. The van der Waals surface area contributed by atoms with Crippen LogP contribution >= 0.6 is 11.3 Å². The van der Waals surface area contributed by atoms with E-state index in [1.807, 2.05) is 11.6 Å². The van der Waals surface area contributed by atoms with Crippen molar-refractivity contribution in [3.8, 4) is 0 Å². The van der Waals surface area contributed by atoms with Crippen LogP contribution in [-0.4, -0.2) is 50.6 Å². The molecule has 0 spiro atoms. The molecular formula is C28H26F2N4O3S. The van der Waals surface area contributed by atoms with Crippen LogP contribution in [0.5, 0.6) is 0 Å². The second kappa shape index (κ2) is 8.91. The van der Waals surface area contributed by atoms with E-state index in [2.05, 4.69) is 27.3 Å². The van der Waals surface area contributed by atoms with E-state index in [0.29, 0.717) is 12.8 Å². The Kier molecular flexibility index (Phi) is 5.59. The van der Waals surface area contributed by atoms with Crippen LogP contribution in [0.2, 0.25) is 0 Å². The van der Waals surface area contributed by atoms with Crippen molar-refractivity contribution in [3.63, 3.8) is 0 Å². The number of benzene rings is 2. The van der Waals surface area contributed by atoms with Crippen molar-refractivity contribution in [2.75, 3.05) is 0 Å². The molecule has 38 heavy (non-hydrogen) atoms. The fourth-order valence-corrected chi connectivity index (χ4v) is 7.74. The smallest absolute Gasteiger partial charge is 0.255 e. The van der Waals surface area contributed by atoms with Gasteiger partial charge in [0.15, 0.2) is 0 Å². The van der Waals surface area contributed by atoms with Gasteiger partial charge in [0.1, 0.15) is 17.7 Å². The first kappa shape index (κ1) is 23.8. The highest BCUT2D eigenvalue weighted by atomic mass is 32.1. The van der Waals surface area contributed by atoms with Crippen molar-refractivity contribution < 1.29 is 23.2 Å². The van der Waals surface area contributed by atoms with Gasteiger partial charge in [0.05, 0.1) is 27.8 Å². The Bertz CT molecular complexity index is 1490. The Hall–Kier alpha value is -3.24. The molecule has 2 aromatic carbocycles. The zero-order valence-corrected chi connectivity index (χ0v) is 21.4. The predicted molar refractivity (Wildman–Crippen MR) is 136 cm³/mol. The minimum Gasteiger partial charge on any atom is -0.322 e. The van der Waals surface area contributed by atoms with Gasteiger partial charge in [-0.2, -0.15) is 0 Å². The molecule has 0 aliphatic carbocycles. The van der Waals surface area contributed by atoms with Crippen molar-refractivity contribution in [1.82, 2.24) is 20.1 Å². The highest BCUT2D eigenvalue weighted by Crippen LogP contribution is 2.46. The normalized spacial score (nSPS) is 27.3. The number of rotatable bonds is 4. The second-order valence-electron chi connectivity index (χ2n) is 10.9. The number of nitrogens with zero attached hydrogens (tertiary/aromatic N) is 3. The zero-order chi connectivity index (χ0) is 26.1. The van der Waals surface area contributed by atoms with Gasteiger partial charge < -0.3 is 4.90 Å². The molecule has 4 aliphatic rings. The van der Waals surface area contributed by atoms with Crippen LogP contribution in [-0.2, 0) is 22.7 Å². The minimum atomic E-state index is -0.859. The molecule has 4 aliphatic heterocycles. The lowest BCUT2D eigenvalue weighted by Gasteiger charge is -2.39. The maximum Gasteiger partial charge on any atom is 0.255 e. The molecule has 2 unspecified atom stereocenters. The van der Waals surface area contributed by atoms with Gasteiger partial charge in [-0.25, -0.2) is 13.8 Å². The van der Waals surface area contributed by atoms with Crippen LogP contribution in [0.15, 0.2) is 29.8 Å². The predicted octanol–water partition coefficient (Wildman–Crippen LogP) is 4.25. The van der Waals surface area contributed by atoms with Crippen molar-refractivity contribution in [2.24, 2.45) is 0 Å². The lowest BCUT2D eigenvalue weighted by molar-refractivity contribution is -0.136. The van der Waals surface area contributed by atoms with Gasteiger partial charge in [-0.3, -0.25) is 24.6 Å². The van der Waals surface area contributed by atoms with Crippen molar-refractivity contribution in [1.29, 1.82) is 0 Å². The highest BCUT2D eigenvalue weighted by Gasteiger charge is 2.45. The van der Waals surface area contributed by atoms with Gasteiger partial charge in [-0.1, -0.05) is 6.07 Å². The zero-order valence-electron chi connectivity index (χ0n) is 20.6. The number of piperidine rings is 2. The third-order valence-electron chi connectivity index (χ3n) is 8.81. The molecule has 1 N–H and O–H groups in total. The molecule has 3 fully saturated rings. The summed E-state index contributed by atoms with van der Waals surface area (Å²) >= 11 is 1.62. The number of hydrogen-bond acceptors (Lipinski definition) is 6. The molecule has 5 heterocycles. The second-order valence-corrected chi connectivity index (χ2v) is 11.8. The highest BCUT2D eigenvalue weighted by molar-refractivity contribution is 7.16. The van der Waals surface area contributed by atoms with Crippen molar-refractivity contribution in [3.05, 3.63) is 63.7 Å². The van der Waals surface area contributed by atoms with Crippen LogP contribution in [0, 0.1) is 11.6 Å². The summed E-state index contributed by atoms with van der Waals surface area (Å²) in [6.45, 7) is 0.714. The van der Waals surface area contributed by atoms with Gasteiger partial charge in [0.25, 0.3) is 5.91 Å². The Morgan fingerprint density at radius 3 is 2.61 bits per heavy atom. The van der Waals surface area contributed by atoms with Gasteiger partial charge >= 0.3 is 0 Å². The lowest BCUT2D eigenvalue weighted by atomic mass is 9.83. The molecule has 3 atom stereocenters. The third kappa shape index (κ3) is 3.76.